The fourth-order valence-electron chi connectivity index (χ4n) is 2.92. The number of hydrogen-bond acceptors (Lipinski definition) is 9. The molecule has 0 aliphatic heterocycles. The predicted octanol–water partition coefficient (Wildman–Crippen LogP) is -1.63. The summed E-state index contributed by atoms with van der Waals surface area (Å²) in [7, 11) is 1.25. The third-order valence-electron chi connectivity index (χ3n) is 4.81. The molecule has 35 heavy (non-hydrogen) atoms. The normalized spacial score (nSPS) is 13.0. The Hall–Kier alpha value is -3.32. The van der Waals surface area contributed by atoms with Crippen LogP contribution < -0.4 is 27.0 Å². The zero-order valence-corrected chi connectivity index (χ0v) is 20.6. The van der Waals surface area contributed by atoms with Crippen LogP contribution in [0, 0.1) is 0 Å². The van der Waals surface area contributed by atoms with Crippen LogP contribution in [0.2, 0.25) is 0 Å². The number of rotatable bonds is 14. The van der Waals surface area contributed by atoms with Crippen LogP contribution in [0.15, 0.2) is 24.3 Å². The van der Waals surface area contributed by atoms with E-state index in [1.165, 1.54) is 26.2 Å². The molecule has 1 rings (SSSR count). The third kappa shape index (κ3) is 12.1. The van der Waals surface area contributed by atoms with E-state index in [0.29, 0.717) is 6.42 Å². The van der Waals surface area contributed by atoms with Crippen LogP contribution in [-0.4, -0.2) is 78.8 Å². The molecule has 0 heterocycles. The fraction of sp³-hybridized carbons (Fsp3) is 0.500. The van der Waals surface area contributed by atoms with Crippen molar-refractivity contribution in [3.63, 3.8) is 0 Å². The maximum absolute atomic E-state index is 12.7. The summed E-state index contributed by atoms with van der Waals surface area (Å²) in [5.41, 5.74) is 6.47. The second-order valence-corrected chi connectivity index (χ2v) is 8.44. The van der Waals surface area contributed by atoms with Gasteiger partial charge in [-0.3, -0.25) is 24.0 Å². The molecule has 12 nitrogen and oxygen atoms in total. The van der Waals surface area contributed by atoms with Crippen molar-refractivity contribution in [2.75, 3.05) is 26.7 Å². The Morgan fingerprint density at radius 1 is 1.03 bits per heavy atom. The SMILES string of the molecule is COC(=O)C[C@@H](S)CNC(=O)CNC(=O)[C@H](CN)NC(=O)[C@H](CCc1ccc(O)cc1)NC(C)=O. The summed E-state index contributed by atoms with van der Waals surface area (Å²) in [4.78, 5) is 59.9. The topological polar surface area (TPSA) is 189 Å². The van der Waals surface area contributed by atoms with Gasteiger partial charge in [0.15, 0.2) is 0 Å². The van der Waals surface area contributed by atoms with E-state index in [2.05, 4.69) is 38.6 Å². The number of ether oxygens (including phenoxy) is 1. The lowest BCUT2D eigenvalue weighted by molar-refractivity contribution is -0.140. The highest BCUT2D eigenvalue weighted by Crippen LogP contribution is 2.12. The number of aryl methyl sites for hydroxylation is 1. The monoisotopic (exact) mass is 511 g/mol. The van der Waals surface area contributed by atoms with Crippen molar-refractivity contribution in [3.05, 3.63) is 29.8 Å². The molecule has 0 aromatic heterocycles. The van der Waals surface area contributed by atoms with E-state index in [9.17, 15) is 29.1 Å². The Labute approximate surface area is 209 Å². The Morgan fingerprint density at radius 2 is 1.69 bits per heavy atom. The van der Waals surface area contributed by atoms with Crippen LogP contribution >= 0.6 is 12.6 Å². The first-order valence-electron chi connectivity index (χ1n) is 10.9. The molecule has 0 saturated heterocycles. The maximum atomic E-state index is 12.7. The molecule has 7 N–H and O–H groups in total. The Bertz CT molecular complexity index is 881. The molecule has 0 unspecified atom stereocenters. The van der Waals surface area contributed by atoms with Gasteiger partial charge in [-0.05, 0) is 30.5 Å². The highest BCUT2D eigenvalue weighted by atomic mass is 32.1. The first-order chi connectivity index (χ1) is 16.5. The lowest BCUT2D eigenvalue weighted by Crippen LogP contribution is -2.56. The predicted molar refractivity (Wildman–Crippen MR) is 130 cm³/mol. The molecule has 0 saturated carbocycles. The van der Waals surface area contributed by atoms with E-state index in [-0.39, 0.29) is 38.2 Å². The molecule has 0 aliphatic rings. The van der Waals surface area contributed by atoms with E-state index < -0.39 is 46.9 Å². The van der Waals surface area contributed by atoms with Gasteiger partial charge >= 0.3 is 5.97 Å². The molecule has 1 aromatic carbocycles. The number of esters is 1. The van der Waals surface area contributed by atoms with Crippen molar-refractivity contribution in [3.8, 4) is 5.75 Å². The van der Waals surface area contributed by atoms with Crippen LogP contribution in [-0.2, 0) is 35.1 Å². The van der Waals surface area contributed by atoms with Gasteiger partial charge in [-0.15, -0.1) is 0 Å². The molecule has 0 radical (unpaired) electrons. The average Bonchev–Trinajstić information content (AvgIpc) is 2.82. The van der Waals surface area contributed by atoms with E-state index in [1.807, 2.05) is 0 Å². The number of methoxy groups -OCH3 is 1. The summed E-state index contributed by atoms with van der Waals surface area (Å²) < 4.78 is 4.52. The minimum absolute atomic E-state index is 0.00966. The fourth-order valence-corrected chi connectivity index (χ4v) is 3.16. The number of thiol groups is 1. The maximum Gasteiger partial charge on any atom is 0.306 e. The molecule has 0 aliphatic carbocycles. The van der Waals surface area contributed by atoms with Gasteiger partial charge in [0.05, 0.1) is 20.1 Å². The molecule has 0 fully saturated rings. The van der Waals surface area contributed by atoms with Crippen LogP contribution in [0.1, 0.15) is 25.3 Å². The standard InChI is InChI=1S/C22H33N5O7S/c1-13(28)26-17(8-5-14-3-6-15(29)7-4-14)22(33)27-18(10-23)21(32)25-12-19(30)24-11-16(35)9-20(31)34-2/h3-4,6-7,16-18,29,35H,5,8-12,23H2,1-2H3,(H,24,30)(H,25,32)(H,26,28)(H,27,33)/t16-,17+,18+/m1/s1. The largest absolute Gasteiger partial charge is 0.508 e. The highest BCUT2D eigenvalue weighted by molar-refractivity contribution is 7.81. The lowest BCUT2D eigenvalue weighted by atomic mass is 10.0. The van der Waals surface area contributed by atoms with Gasteiger partial charge in [0.25, 0.3) is 0 Å². The van der Waals surface area contributed by atoms with Crippen molar-refractivity contribution in [2.45, 2.75) is 43.5 Å². The number of hydrogen-bond donors (Lipinski definition) is 7. The summed E-state index contributed by atoms with van der Waals surface area (Å²) in [5, 5.41) is 18.9. The minimum Gasteiger partial charge on any atom is -0.508 e. The van der Waals surface area contributed by atoms with E-state index in [0.717, 1.165) is 5.56 Å². The number of nitrogens with two attached hydrogens (primary N) is 1. The van der Waals surface area contributed by atoms with Crippen LogP contribution in [0.3, 0.4) is 0 Å². The molecule has 0 bridgehead atoms. The second-order valence-electron chi connectivity index (χ2n) is 7.71. The molecule has 0 spiro atoms. The number of carbonyl (C=O) groups excluding carboxylic acids is 5. The van der Waals surface area contributed by atoms with Gasteiger partial charge in [-0.25, -0.2) is 0 Å². The van der Waals surface area contributed by atoms with E-state index in [1.54, 1.807) is 12.1 Å². The van der Waals surface area contributed by atoms with Gasteiger partial charge in [0.1, 0.15) is 17.8 Å². The number of nitrogens with one attached hydrogen (secondary N) is 4. The minimum atomic E-state index is -1.13. The zero-order chi connectivity index (χ0) is 26.4. The summed E-state index contributed by atoms with van der Waals surface area (Å²) >= 11 is 4.17. The number of phenols is 1. The van der Waals surface area contributed by atoms with Crippen molar-refractivity contribution in [1.82, 2.24) is 21.3 Å². The summed E-state index contributed by atoms with van der Waals surface area (Å²) in [6.07, 6.45) is 0.685. The first kappa shape index (κ1) is 29.7. The Balaban J connectivity index is 2.57. The first-order valence-corrected chi connectivity index (χ1v) is 11.4. The number of carbonyl (C=O) groups is 5. The molecule has 1 aromatic rings. The van der Waals surface area contributed by atoms with Gasteiger partial charge in [-0.2, -0.15) is 12.6 Å². The molecule has 4 amide bonds. The van der Waals surface area contributed by atoms with Crippen LogP contribution in [0.5, 0.6) is 5.75 Å². The smallest absolute Gasteiger partial charge is 0.306 e. The molecule has 194 valence electrons. The van der Waals surface area contributed by atoms with Crippen molar-refractivity contribution >= 4 is 42.2 Å². The summed E-state index contributed by atoms with van der Waals surface area (Å²) in [6, 6.07) is 4.38. The number of aromatic hydroxyl groups is 1. The molecule has 3 atom stereocenters. The average molecular weight is 512 g/mol. The molecule has 13 heteroatoms. The van der Waals surface area contributed by atoms with E-state index >= 15 is 0 Å². The lowest BCUT2D eigenvalue weighted by Gasteiger charge is -2.22. The Kier molecular flexibility index (Phi) is 13.2. The molecular formula is C22H33N5O7S. The summed E-state index contributed by atoms with van der Waals surface area (Å²) in [5.74, 6) is -2.56. The van der Waals surface area contributed by atoms with Crippen molar-refractivity contribution in [2.24, 2.45) is 5.73 Å². The van der Waals surface area contributed by atoms with Crippen LogP contribution in [0.4, 0.5) is 0 Å². The van der Waals surface area contributed by atoms with Crippen molar-refractivity contribution < 1.29 is 33.8 Å². The highest BCUT2D eigenvalue weighted by Gasteiger charge is 2.25. The van der Waals surface area contributed by atoms with Gasteiger partial charge in [0.2, 0.25) is 23.6 Å². The molecular weight excluding hydrogens is 478 g/mol. The number of phenolic OH excluding ortho intramolecular Hbond substituents is 1. The number of amides is 4. The third-order valence-corrected chi connectivity index (χ3v) is 5.17. The zero-order valence-electron chi connectivity index (χ0n) is 19.7. The van der Waals surface area contributed by atoms with Crippen molar-refractivity contribution in [1.29, 1.82) is 0 Å². The Morgan fingerprint density at radius 3 is 2.26 bits per heavy atom. The second kappa shape index (κ2) is 15.6. The number of benzene rings is 1. The van der Waals surface area contributed by atoms with Gasteiger partial charge < -0.3 is 36.8 Å². The van der Waals surface area contributed by atoms with Gasteiger partial charge in [-0.1, -0.05) is 12.1 Å². The quantitative estimate of drug-likeness (QED) is 0.114. The van der Waals surface area contributed by atoms with E-state index in [4.69, 9.17) is 5.73 Å². The van der Waals surface area contributed by atoms with Gasteiger partial charge in [0, 0.05) is 25.3 Å². The summed E-state index contributed by atoms with van der Waals surface area (Å²) in [6.45, 7) is 0.748. The van der Waals surface area contributed by atoms with Crippen LogP contribution in [0.25, 0.3) is 0 Å².